The number of fused-ring (bicyclic) bond motifs is 7. The van der Waals surface area contributed by atoms with Gasteiger partial charge in [-0.15, -0.1) is 0 Å². The number of para-hydroxylation sites is 2. The second kappa shape index (κ2) is 8.41. The highest BCUT2D eigenvalue weighted by Gasteiger charge is 2.35. The molecule has 2 heteroatoms. The molecule has 1 aliphatic carbocycles. The Labute approximate surface area is 244 Å². The van der Waals surface area contributed by atoms with Gasteiger partial charge in [-0.25, -0.2) is 4.98 Å². The zero-order valence-corrected chi connectivity index (χ0v) is 23.6. The first kappa shape index (κ1) is 23.5. The fourth-order valence-electron chi connectivity index (χ4n) is 7.45. The van der Waals surface area contributed by atoms with Crippen LogP contribution in [-0.4, -0.2) is 9.55 Å². The summed E-state index contributed by atoms with van der Waals surface area (Å²) in [5.41, 5.74) is 11.0. The van der Waals surface area contributed by atoms with E-state index in [1.54, 1.807) is 0 Å². The van der Waals surface area contributed by atoms with E-state index >= 15 is 0 Å². The van der Waals surface area contributed by atoms with Gasteiger partial charge in [0.25, 0.3) is 0 Å². The lowest BCUT2D eigenvalue weighted by atomic mass is 9.68. The Morgan fingerprint density at radius 3 is 2.17 bits per heavy atom. The highest BCUT2D eigenvalue weighted by atomic mass is 15.1. The van der Waals surface area contributed by atoms with Crippen LogP contribution in [-0.2, 0) is 5.41 Å². The third kappa shape index (κ3) is 3.07. The van der Waals surface area contributed by atoms with E-state index in [1.807, 2.05) is 0 Å². The second-order valence-corrected chi connectivity index (χ2v) is 12.0. The van der Waals surface area contributed by atoms with Crippen molar-refractivity contribution in [3.8, 4) is 28.1 Å². The van der Waals surface area contributed by atoms with E-state index in [2.05, 4.69) is 152 Å². The van der Waals surface area contributed by atoms with Crippen molar-refractivity contribution in [2.24, 2.45) is 0 Å². The van der Waals surface area contributed by atoms with Gasteiger partial charge < -0.3 is 0 Å². The predicted molar refractivity (Wildman–Crippen MR) is 177 cm³/mol. The number of hydrogen-bond acceptors (Lipinski definition) is 1. The van der Waals surface area contributed by atoms with E-state index in [-0.39, 0.29) is 5.41 Å². The maximum absolute atomic E-state index is 5.35. The van der Waals surface area contributed by atoms with Crippen LogP contribution in [0.2, 0.25) is 0 Å². The SMILES string of the molecule is CC1(C)c2ccccc2-c2c3c1cccc3cc1c3ccccc3n(-c3cc(-c4ccccc4)c4ccccc4n3)c21. The van der Waals surface area contributed by atoms with E-state index in [0.717, 1.165) is 16.7 Å². The van der Waals surface area contributed by atoms with Crippen LogP contribution in [0.25, 0.3) is 71.6 Å². The number of hydrogen-bond donors (Lipinski definition) is 0. The monoisotopic (exact) mass is 536 g/mol. The lowest BCUT2D eigenvalue weighted by molar-refractivity contribution is 0.645. The summed E-state index contributed by atoms with van der Waals surface area (Å²) in [7, 11) is 0. The molecule has 0 atom stereocenters. The quantitative estimate of drug-likeness (QED) is 0.215. The van der Waals surface area contributed by atoms with Crippen molar-refractivity contribution in [1.29, 1.82) is 0 Å². The molecule has 198 valence electrons. The molecule has 0 radical (unpaired) electrons. The summed E-state index contributed by atoms with van der Waals surface area (Å²) >= 11 is 0. The second-order valence-electron chi connectivity index (χ2n) is 12.0. The maximum Gasteiger partial charge on any atom is 0.138 e. The standard InChI is InChI=1S/C40H28N2/c1-40(2)32-19-9-6-18-29(32)38-37-26(15-12-20-33(37)40)23-31-28-17-8-11-22-35(28)42(39(31)38)36-24-30(25-13-4-3-5-14-25)27-16-7-10-21-34(27)41-36/h3-24H,1-2H3. The van der Waals surface area contributed by atoms with Crippen LogP contribution < -0.4 is 0 Å². The van der Waals surface area contributed by atoms with Gasteiger partial charge in [-0.1, -0.05) is 123 Å². The number of rotatable bonds is 2. The fraction of sp³-hybridized carbons (Fsp3) is 0.0750. The Kier molecular flexibility index (Phi) is 4.70. The van der Waals surface area contributed by atoms with Crippen LogP contribution in [0, 0.1) is 0 Å². The zero-order chi connectivity index (χ0) is 28.0. The number of benzene rings is 6. The number of nitrogens with zero attached hydrogens (tertiary/aromatic N) is 2. The highest BCUT2D eigenvalue weighted by molar-refractivity contribution is 6.23. The van der Waals surface area contributed by atoms with Gasteiger partial charge in [0.1, 0.15) is 5.82 Å². The topological polar surface area (TPSA) is 17.8 Å². The third-order valence-electron chi connectivity index (χ3n) is 9.36. The molecule has 0 unspecified atom stereocenters. The number of aromatic nitrogens is 2. The normalized spacial score (nSPS) is 13.7. The van der Waals surface area contributed by atoms with Gasteiger partial charge >= 0.3 is 0 Å². The molecule has 2 aromatic heterocycles. The predicted octanol–water partition coefficient (Wildman–Crippen LogP) is 10.5. The van der Waals surface area contributed by atoms with Crippen LogP contribution in [0.4, 0.5) is 0 Å². The van der Waals surface area contributed by atoms with Crippen LogP contribution in [0.15, 0.2) is 133 Å². The van der Waals surface area contributed by atoms with Gasteiger partial charge in [0, 0.05) is 27.1 Å². The molecule has 8 aromatic rings. The van der Waals surface area contributed by atoms with Gasteiger partial charge in [0.05, 0.1) is 16.6 Å². The molecular weight excluding hydrogens is 508 g/mol. The Balaban J connectivity index is 1.52. The van der Waals surface area contributed by atoms with E-state index in [4.69, 9.17) is 4.98 Å². The van der Waals surface area contributed by atoms with E-state index in [9.17, 15) is 0 Å². The molecule has 0 aliphatic heterocycles. The molecule has 2 nitrogen and oxygen atoms in total. The first-order valence-electron chi connectivity index (χ1n) is 14.7. The maximum atomic E-state index is 5.35. The molecule has 6 aromatic carbocycles. The average Bonchev–Trinajstić information content (AvgIpc) is 3.37. The number of pyridine rings is 1. The minimum Gasteiger partial charge on any atom is -0.293 e. The lowest BCUT2D eigenvalue weighted by Gasteiger charge is -2.35. The Bertz CT molecular complexity index is 2370. The summed E-state index contributed by atoms with van der Waals surface area (Å²) in [5.74, 6) is 0.939. The van der Waals surface area contributed by atoms with E-state index < -0.39 is 0 Å². The van der Waals surface area contributed by atoms with Crippen LogP contribution in [0.3, 0.4) is 0 Å². The van der Waals surface area contributed by atoms with Crippen molar-refractivity contribution >= 4 is 43.5 Å². The lowest BCUT2D eigenvalue weighted by Crippen LogP contribution is -2.23. The minimum atomic E-state index is -0.102. The molecular formula is C40H28N2. The zero-order valence-electron chi connectivity index (χ0n) is 23.6. The Morgan fingerprint density at radius 2 is 1.29 bits per heavy atom. The summed E-state index contributed by atoms with van der Waals surface area (Å²) in [6.07, 6.45) is 0. The van der Waals surface area contributed by atoms with Crippen LogP contribution >= 0.6 is 0 Å². The van der Waals surface area contributed by atoms with Crippen molar-refractivity contribution in [1.82, 2.24) is 9.55 Å². The van der Waals surface area contributed by atoms with Crippen molar-refractivity contribution in [2.75, 3.05) is 0 Å². The van der Waals surface area contributed by atoms with Crippen molar-refractivity contribution in [2.45, 2.75) is 19.3 Å². The fourth-order valence-corrected chi connectivity index (χ4v) is 7.45. The minimum absolute atomic E-state index is 0.102. The summed E-state index contributed by atoms with van der Waals surface area (Å²) < 4.78 is 2.42. The van der Waals surface area contributed by atoms with Crippen molar-refractivity contribution < 1.29 is 0 Å². The average molecular weight is 537 g/mol. The summed E-state index contributed by atoms with van der Waals surface area (Å²) in [5, 5.41) is 6.30. The first-order chi connectivity index (χ1) is 20.6. The Hall–Kier alpha value is -5.21. The molecule has 0 saturated carbocycles. The highest BCUT2D eigenvalue weighted by Crippen LogP contribution is 2.52. The van der Waals surface area contributed by atoms with Gasteiger partial charge in [-0.3, -0.25) is 4.57 Å². The molecule has 0 amide bonds. The summed E-state index contributed by atoms with van der Waals surface area (Å²) in [6.45, 7) is 4.72. The van der Waals surface area contributed by atoms with Gasteiger partial charge in [0.15, 0.2) is 0 Å². The molecule has 0 N–H and O–H groups in total. The molecule has 0 bridgehead atoms. The third-order valence-corrected chi connectivity index (χ3v) is 9.36. The van der Waals surface area contributed by atoms with Gasteiger partial charge in [0.2, 0.25) is 0 Å². The molecule has 42 heavy (non-hydrogen) atoms. The summed E-state index contributed by atoms with van der Waals surface area (Å²) in [4.78, 5) is 5.35. The first-order valence-corrected chi connectivity index (χ1v) is 14.7. The van der Waals surface area contributed by atoms with E-state index in [0.29, 0.717) is 0 Å². The van der Waals surface area contributed by atoms with E-state index in [1.165, 1.54) is 66.0 Å². The molecule has 9 rings (SSSR count). The molecule has 0 spiro atoms. The summed E-state index contributed by atoms with van der Waals surface area (Å²) in [6, 6.07) is 48.5. The van der Waals surface area contributed by atoms with Crippen molar-refractivity contribution in [3.05, 3.63) is 145 Å². The van der Waals surface area contributed by atoms with Gasteiger partial charge in [-0.05, 0) is 62.9 Å². The van der Waals surface area contributed by atoms with Crippen molar-refractivity contribution in [3.63, 3.8) is 0 Å². The molecule has 0 fully saturated rings. The largest absolute Gasteiger partial charge is 0.293 e. The van der Waals surface area contributed by atoms with Crippen LogP contribution in [0.5, 0.6) is 0 Å². The van der Waals surface area contributed by atoms with Crippen LogP contribution in [0.1, 0.15) is 25.0 Å². The Morgan fingerprint density at radius 1 is 0.571 bits per heavy atom. The molecule has 1 aliphatic rings. The van der Waals surface area contributed by atoms with Gasteiger partial charge in [-0.2, -0.15) is 0 Å². The molecule has 0 saturated heterocycles. The smallest absolute Gasteiger partial charge is 0.138 e. The molecule has 2 heterocycles.